The standard InChI is InChI=1S/C24H25N3.2C2H6/c1-4-18-17(3)24-26(20-12-7-5-10-16(20)2)22-14-9-15-25-23(22)27(24)21-13-8-6-11-19(18)21;2*1-2/h5-15,17-18,24H,4H2,1-3H3;2*1-2H3. The topological polar surface area (TPSA) is 19.4 Å². The lowest BCUT2D eigenvalue weighted by Crippen LogP contribution is -2.48. The molecule has 1 aromatic heterocycles. The van der Waals surface area contributed by atoms with Gasteiger partial charge in [0.05, 0.1) is 5.69 Å². The van der Waals surface area contributed by atoms with E-state index in [-0.39, 0.29) is 6.17 Å². The molecule has 0 saturated heterocycles. The highest BCUT2D eigenvalue weighted by Gasteiger charge is 2.48. The molecule has 31 heavy (non-hydrogen) atoms. The normalized spacial score (nSPS) is 20.4. The Kier molecular flexibility index (Phi) is 7.37. The summed E-state index contributed by atoms with van der Waals surface area (Å²) in [5.74, 6) is 2.10. The Labute approximate surface area is 188 Å². The van der Waals surface area contributed by atoms with Crippen molar-refractivity contribution >= 4 is 22.9 Å². The monoisotopic (exact) mass is 415 g/mol. The summed E-state index contributed by atoms with van der Waals surface area (Å²) in [7, 11) is 0. The first-order valence-corrected chi connectivity index (χ1v) is 11.9. The third-order valence-electron chi connectivity index (χ3n) is 6.30. The molecule has 0 N–H and O–H groups in total. The summed E-state index contributed by atoms with van der Waals surface area (Å²) < 4.78 is 0. The smallest absolute Gasteiger partial charge is 0.158 e. The lowest BCUT2D eigenvalue weighted by Gasteiger charge is -2.45. The van der Waals surface area contributed by atoms with Gasteiger partial charge in [0.1, 0.15) is 6.17 Å². The minimum absolute atomic E-state index is 0.246. The van der Waals surface area contributed by atoms with E-state index >= 15 is 0 Å². The van der Waals surface area contributed by atoms with Gasteiger partial charge in [-0.25, -0.2) is 4.98 Å². The molecule has 0 bridgehead atoms. The van der Waals surface area contributed by atoms with E-state index in [1.165, 1.54) is 28.2 Å². The highest BCUT2D eigenvalue weighted by atomic mass is 15.5. The molecule has 0 amide bonds. The van der Waals surface area contributed by atoms with Gasteiger partial charge in [-0.15, -0.1) is 0 Å². The number of aromatic nitrogens is 1. The predicted molar refractivity (Wildman–Crippen MR) is 135 cm³/mol. The second-order valence-electron chi connectivity index (χ2n) is 7.72. The van der Waals surface area contributed by atoms with Gasteiger partial charge >= 0.3 is 0 Å². The molecule has 0 fully saturated rings. The number of pyridine rings is 1. The lowest BCUT2D eigenvalue weighted by molar-refractivity contribution is 0.360. The highest BCUT2D eigenvalue weighted by molar-refractivity contribution is 5.88. The first kappa shape index (κ1) is 22.9. The van der Waals surface area contributed by atoms with Gasteiger partial charge in [0, 0.05) is 23.5 Å². The maximum absolute atomic E-state index is 4.82. The zero-order valence-corrected chi connectivity index (χ0v) is 20.1. The van der Waals surface area contributed by atoms with Gasteiger partial charge < -0.3 is 9.80 Å². The lowest BCUT2D eigenvalue weighted by atomic mass is 9.78. The number of hydrogen-bond donors (Lipinski definition) is 0. The van der Waals surface area contributed by atoms with Crippen LogP contribution in [-0.4, -0.2) is 11.1 Å². The van der Waals surface area contributed by atoms with E-state index in [4.69, 9.17) is 4.98 Å². The summed E-state index contributed by atoms with van der Waals surface area (Å²) in [5, 5.41) is 0. The number of fused-ring (bicyclic) bond motifs is 5. The van der Waals surface area contributed by atoms with Crippen LogP contribution >= 0.6 is 0 Å². The fourth-order valence-corrected chi connectivity index (χ4v) is 5.08. The minimum Gasteiger partial charge on any atom is -0.316 e. The van der Waals surface area contributed by atoms with Crippen molar-refractivity contribution in [3.8, 4) is 0 Å². The van der Waals surface area contributed by atoms with E-state index in [1.807, 2.05) is 33.9 Å². The molecule has 3 heteroatoms. The Balaban J connectivity index is 0.000000645. The van der Waals surface area contributed by atoms with Crippen molar-refractivity contribution in [3.05, 3.63) is 78.0 Å². The van der Waals surface area contributed by atoms with Gasteiger partial charge in [0.25, 0.3) is 0 Å². The fourth-order valence-electron chi connectivity index (χ4n) is 5.08. The van der Waals surface area contributed by atoms with Crippen LogP contribution in [0.4, 0.5) is 22.9 Å². The molecule has 2 aliphatic heterocycles. The molecule has 0 radical (unpaired) electrons. The Morgan fingerprint density at radius 2 is 1.39 bits per heavy atom. The fraction of sp³-hybridized carbons (Fsp3) is 0.393. The third-order valence-corrected chi connectivity index (χ3v) is 6.30. The van der Waals surface area contributed by atoms with Crippen LogP contribution in [0.2, 0.25) is 0 Å². The number of benzene rings is 2. The summed E-state index contributed by atoms with van der Waals surface area (Å²) >= 11 is 0. The Morgan fingerprint density at radius 1 is 0.774 bits per heavy atom. The minimum atomic E-state index is 0.246. The van der Waals surface area contributed by atoms with Gasteiger partial charge in [-0.1, -0.05) is 77.9 Å². The average Bonchev–Trinajstić information content (AvgIpc) is 3.18. The van der Waals surface area contributed by atoms with Crippen LogP contribution in [-0.2, 0) is 0 Å². The van der Waals surface area contributed by atoms with Gasteiger partial charge in [0.15, 0.2) is 5.82 Å². The van der Waals surface area contributed by atoms with Crippen molar-refractivity contribution in [1.82, 2.24) is 4.98 Å². The third kappa shape index (κ3) is 3.71. The van der Waals surface area contributed by atoms with Crippen LogP contribution in [0, 0.1) is 12.8 Å². The number of rotatable bonds is 2. The Morgan fingerprint density at radius 3 is 2.06 bits per heavy atom. The first-order valence-electron chi connectivity index (χ1n) is 11.9. The maximum Gasteiger partial charge on any atom is 0.158 e. The summed E-state index contributed by atoms with van der Waals surface area (Å²) in [6.07, 6.45) is 3.31. The second kappa shape index (κ2) is 10.00. The average molecular weight is 416 g/mol. The van der Waals surface area contributed by atoms with Gasteiger partial charge in [-0.2, -0.15) is 0 Å². The van der Waals surface area contributed by atoms with Gasteiger partial charge in [0.2, 0.25) is 0 Å². The molecule has 3 aromatic rings. The van der Waals surface area contributed by atoms with Gasteiger partial charge in [-0.05, 0) is 54.7 Å². The van der Waals surface area contributed by atoms with Crippen LogP contribution in [0.3, 0.4) is 0 Å². The van der Waals surface area contributed by atoms with Crippen molar-refractivity contribution < 1.29 is 0 Å². The molecule has 3 heterocycles. The molecular formula is C28H37N3. The number of para-hydroxylation sites is 2. The zero-order chi connectivity index (χ0) is 22.5. The molecule has 0 spiro atoms. The van der Waals surface area contributed by atoms with Crippen LogP contribution in [0.5, 0.6) is 0 Å². The molecule has 2 aliphatic rings. The molecule has 3 atom stereocenters. The summed E-state index contributed by atoms with van der Waals surface area (Å²) in [4.78, 5) is 9.80. The van der Waals surface area contributed by atoms with Crippen molar-refractivity contribution in [2.45, 2.75) is 67.0 Å². The number of nitrogens with zero attached hydrogens (tertiary/aromatic N) is 3. The van der Waals surface area contributed by atoms with Crippen molar-refractivity contribution in [3.63, 3.8) is 0 Å². The molecule has 164 valence electrons. The van der Waals surface area contributed by atoms with E-state index in [2.05, 4.69) is 91.2 Å². The van der Waals surface area contributed by atoms with E-state index in [9.17, 15) is 0 Å². The SMILES string of the molecule is CC.CC.CCC1c2ccccc2N2c3ncccc3N(c3ccccc3C)C2C1C. The molecule has 3 nitrogen and oxygen atoms in total. The van der Waals surface area contributed by atoms with E-state index < -0.39 is 0 Å². The van der Waals surface area contributed by atoms with Crippen molar-refractivity contribution in [1.29, 1.82) is 0 Å². The Bertz CT molecular complexity index is 997. The van der Waals surface area contributed by atoms with Crippen molar-refractivity contribution in [2.75, 3.05) is 9.80 Å². The second-order valence-corrected chi connectivity index (χ2v) is 7.72. The van der Waals surface area contributed by atoms with Crippen LogP contribution < -0.4 is 9.80 Å². The Hall–Kier alpha value is -2.81. The summed E-state index contributed by atoms with van der Waals surface area (Å²) in [5.41, 5.74) is 6.54. The van der Waals surface area contributed by atoms with E-state index in [0.29, 0.717) is 11.8 Å². The molecule has 0 saturated carbocycles. The van der Waals surface area contributed by atoms with Crippen LogP contribution in [0.25, 0.3) is 0 Å². The zero-order valence-electron chi connectivity index (χ0n) is 20.1. The molecule has 0 aliphatic carbocycles. The molecular weight excluding hydrogens is 378 g/mol. The van der Waals surface area contributed by atoms with E-state index in [1.54, 1.807) is 0 Å². The highest BCUT2D eigenvalue weighted by Crippen LogP contribution is 2.55. The quantitative estimate of drug-likeness (QED) is 0.420. The first-order chi connectivity index (χ1) is 15.2. The molecule has 5 rings (SSSR count). The number of hydrogen-bond acceptors (Lipinski definition) is 3. The maximum atomic E-state index is 4.82. The van der Waals surface area contributed by atoms with Crippen molar-refractivity contribution in [2.24, 2.45) is 5.92 Å². The summed E-state index contributed by atoms with van der Waals surface area (Å²) in [6, 6.07) is 21.8. The van der Waals surface area contributed by atoms with Gasteiger partial charge in [-0.3, -0.25) is 0 Å². The molecule has 2 aromatic carbocycles. The van der Waals surface area contributed by atoms with E-state index in [0.717, 1.165) is 12.2 Å². The predicted octanol–water partition coefficient (Wildman–Crippen LogP) is 8.20. The van der Waals surface area contributed by atoms with Crippen LogP contribution in [0.1, 0.15) is 65.0 Å². The largest absolute Gasteiger partial charge is 0.316 e. The number of anilines is 4. The number of aryl methyl sites for hydroxylation is 1. The summed E-state index contributed by atoms with van der Waals surface area (Å²) in [6.45, 7) is 14.9. The molecule has 3 unspecified atom stereocenters. The van der Waals surface area contributed by atoms with Crippen LogP contribution in [0.15, 0.2) is 66.9 Å².